The van der Waals surface area contributed by atoms with Gasteiger partial charge in [-0.05, 0) is 38.3 Å². The zero-order valence-electron chi connectivity index (χ0n) is 12.7. The predicted molar refractivity (Wildman–Crippen MR) is 77.7 cm³/mol. The zero-order chi connectivity index (χ0) is 13.5. The molecule has 0 radical (unpaired) electrons. The third-order valence-electron chi connectivity index (χ3n) is 3.85. The van der Waals surface area contributed by atoms with E-state index in [1.807, 2.05) is 11.7 Å². The fourth-order valence-electron chi connectivity index (χ4n) is 2.34. The number of aromatic nitrogens is 2. The Morgan fingerprint density at radius 2 is 1.94 bits per heavy atom. The van der Waals surface area contributed by atoms with Crippen molar-refractivity contribution in [1.82, 2.24) is 15.1 Å². The van der Waals surface area contributed by atoms with Crippen LogP contribution in [0.25, 0.3) is 0 Å². The highest BCUT2D eigenvalue weighted by molar-refractivity contribution is 5.12. The largest absolute Gasteiger partial charge is 0.309 e. The predicted octanol–water partition coefficient (Wildman–Crippen LogP) is 3.60. The summed E-state index contributed by atoms with van der Waals surface area (Å²) in [6.45, 7) is 9.97. The lowest BCUT2D eigenvalue weighted by Crippen LogP contribution is -2.25. The molecule has 104 valence electrons. The molecule has 0 fully saturated rings. The Bertz CT molecular complexity index is 320. The van der Waals surface area contributed by atoms with E-state index in [4.69, 9.17) is 0 Å². The summed E-state index contributed by atoms with van der Waals surface area (Å²) < 4.78 is 1.98. The molecule has 0 saturated heterocycles. The summed E-state index contributed by atoms with van der Waals surface area (Å²) in [7, 11) is 2.02. The molecule has 1 aromatic heterocycles. The normalized spacial score (nSPS) is 13.2. The molecule has 1 unspecified atom stereocenters. The molecule has 0 aliphatic heterocycles. The van der Waals surface area contributed by atoms with E-state index in [0.717, 1.165) is 12.5 Å². The Kier molecular flexibility index (Phi) is 6.41. The van der Waals surface area contributed by atoms with Gasteiger partial charge in [0.25, 0.3) is 0 Å². The van der Waals surface area contributed by atoms with E-state index >= 15 is 0 Å². The van der Waals surface area contributed by atoms with Gasteiger partial charge < -0.3 is 5.32 Å². The molecule has 1 N–H and O–H groups in total. The van der Waals surface area contributed by atoms with E-state index in [1.165, 1.54) is 37.1 Å². The maximum absolute atomic E-state index is 4.64. The van der Waals surface area contributed by atoms with Crippen molar-refractivity contribution in [1.29, 1.82) is 0 Å². The molecule has 1 aromatic rings. The summed E-state index contributed by atoms with van der Waals surface area (Å²) in [6, 6.07) is 2.63. The molecule has 3 heteroatoms. The average molecular weight is 251 g/mol. The van der Waals surface area contributed by atoms with E-state index in [-0.39, 0.29) is 0 Å². The Hall–Kier alpha value is -0.830. The molecule has 1 atom stereocenters. The lowest BCUT2D eigenvalue weighted by atomic mass is 9.93. The summed E-state index contributed by atoms with van der Waals surface area (Å²) >= 11 is 0. The minimum atomic E-state index is 0.412. The molecule has 0 spiro atoms. The number of nitrogens with one attached hydrogen (secondary N) is 1. The van der Waals surface area contributed by atoms with Crippen molar-refractivity contribution in [2.45, 2.75) is 59.4 Å². The van der Waals surface area contributed by atoms with Crippen LogP contribution in [0.15, 0.2) is 6.07 Å². The van der Waals surface area contributed by atoms with Crippen LogP contribution in [-0.2, 0) is 7.05 Å². The van der Waals surface area contributed by atoms with Crippen LogP contribution in [0.2, 0.25) is 0 Å². The van der Waals surface area contributed by atoms with Crippen LogP contribution in [0.5, 0.6) is 0 Å². The highest BCUT2D eigenvalue weighted by Crippen LogP contribution is 2.24. The SMILES string of the molecule is CCCNC(CC(CC)CC)c1cc(C)n(C)n1. The Morgan fingerprint density at radius 1 is 1.28 bits per heavy atom. The second kappa shape index (κ2) is 7.57. The van der Waals surface area contributed by atoms with E-state index < -0.39 is 0 Å². The first-order valence-electron chi connectivity index (χ1n) is 7.36. The maximum Gasteiger partial charge on any atom is 0.0796 e. The second-order valence-electron chi connectivity index (χ2n) is 5.26. The summed E-state index contributed by atoms with van der Waals surface area (Å²) in [5.41, 5.74) is 2.44. The first-order chi connectivity index (χ1) is 8.62. The molecule has 0 bridgehead atoms. The first kappa shape index (κ1) is 15.2. The number of rotatable bonds is 8. The standard InChI is InChI=1S/C15H29N3/c1-6-9-16-14(11-13(7-2)8-3)15-10-12(4)18(5)17-15/h10,13-14,16H,6-9,11H2,1-5H3. The van der Waals surface area contributed by atoms with Crippen molar-refractivity contribution in [3.05, 3.63) is 17.5 Å². The Morgan fingerprint density at radius 3 is 2.39 bits per heavy atom. The molecule has 3 nitrogen and oxygen atoms in total. The smallest absolute Gasteiger partial charge is 0.0796 e. The van der Waals surface area contributed by atoms with Crippen molar-refractivity contribution in [2.24, 2.45) is 13.0 Å². The number of hydrogen-bond donors (Lipinski definition) is 1. The number of aryl methyl sites for hydroxylation is 2. The second-order valence-corrected chi connectivity index (χ2v) is 5.26. The van der Waals surface area contributed by atoms with Gasteiger partial charge in [0.05, 0.1) is 11.7 Å². The monoisotopic (exact) mass is 251 g/mol. The summed E-state index contributed by atoms with van der Waals surface area (Å²) in [4.78, 5) is 0. The fraction of sp³-hybridized carbons (Fsp3) is 0.800. The quantitative estimate of drug-likeness (QED) is 0.765. The van der Waals surface area contributed by atoms with E-state index in [2.05, 4.69) is 44.2 Å². The summed E-state index contributed by atoms with van der Waals surface area (Å²) in [6.07, 6.45) is 4.88. The van der Waals surface area contributed by atoms with Gasteiger partial charge in [-0.15, -0.1) is 0 Å². The topological polar surface area (TPSA) is 29.9 Å². The maximum atomic E-state index is 4.64. The van der Waals surface area contributed by atoms with Crippen molar-refractivity contribution in [3.63, 3.8) is 0 Å². The molecule has 0 aliphatic carbocycles. The average Bonchev–Trinajstić information content (AvgIpc) is 2.70. The number of hydrogen-bond acceptors (Lipinski definition) is 2. The molecule has 0 aromatic carbocycles. The van der Waals surface area contributed by atoms with Crippen LogP contribution in [0.3, 0.4) is 0 Å². The van der Waals surface area contributed by atoms with Gasteiger partial charge >= 0.3 is 0 Å². The third kappa shape index (κ3) is 4.13. The highest BCUT2D eigenvalue weighted by Gasteiger charge is 2.18. The molecule has 1 heterocycles. The van der Waals surface area contributed by atoms with Crippen molar-refractivity contribution < 1.29 is 0 Å². The van der Waals surface area contributed by atoms with Crippen molar-refractivity contribution in [2.75, 3.05) is 6.54 Å². The van der Waals surface area contributed by atoms with Gasteiger partial charge in [-0.2, -0.15) is 5.10 Å². The molecule has 1 rings (SSSR count). The third-order valence-corrected chi connectivity index (χ3v) is 3.85. The molecular formula is C15H29N3. The van der Waals surface area contributed by atoms with Gasteiger partial charge in [0.2, 0.25) is 0 Å². The van der Waals surface area contributed by atoms with Crippen LogP contribution in [0, 0.1) is 12.8 Å². The van der Waals surface area contributed by atoms with E-state index in [0.29, 0.717) is 6.04 Å². The van der Waals surface area contributed by atoms with Gasteiger partial charge in [-0.25, -0.2) is 0 Å². The summed E-state index contributed by atoms with van der Waals surface area (Å²) in [5, 5.41) is 8.29. The van der Waals surface area contributed by atoms with Gasteiger partial charge in [-0.1, -0.05) is 33.6 Å². The minimum Gasteiger partial charge on any atom is -0.309 e. The van der Waals surface area contributed by atoms with E-state index in [9.17, 15) is 0 Å². The van der Waals surface area contributed by atoms with Gasteiger partial charge in [0.1, 0.15) is 0 Å². The van der Waals surface area contributed by atoms with Crippen LogP contribution in [0.4, 0.5) is 0 Å². The fourth-order valence-corrected chi connectivity index (χ4v) is 2.34. The minimum absolute atomic E-state index is 0.412. The zero-order valence-corrected chi connectivity index (χ0v) is 12.7. The molecule has 18 heavy (non-hydrogen) atoms. The van der Waals surface area contributed by atoms with Crippen LogP contribution < -0.4 is 5.32 Å². The van der Waals surface area contributed by atoms with Gasteiger partial charge in [0.15, 0.2) is 0 Å². The Balaban J connectivity index is 2.76. The number of nitrogens with zero attached hydrogens (tertiary/aromatic N) is 2. The van der Waals surface area contributed by atoms with Gasteiger partial charge in [-0.3, -0.25) is 4.68 Å². The molecular weight excluding hydrogens is 222 g/mol. The van der Waals surface area contributed by atoms with Crippen LogP contribution in [0.1, 0.15) is 63.9 Å². The first-order valence-corrected chi connectivity index (χ1v) is 7.36. The lowest BCUT2D eigenvalue weighted by molar-refractivity contribution is 0.365. The molecule has 0 amide bonds. The summed E-state index contributed by atoms with van der Waals surface area (Å²) in [5.74, 6) is 0.793. The Labute approximate surface area is 112 Å². The lowest BCUT2D eigenvalue weighted by Gasteiger charge is -2.21. The van der Waals surface area contributed by atoms with Crippen LogP contribution >= 0.6 is 0 Å². The van der Waals surface area contributed by atoms with E-state index in [1.54, 1.807) is 0 Å². The highest BCUT2D eigenvalue weighted by atomic mass is 15.3. The van der Waals surface area contributed by atoms with Crippen LogP contribution in [-0.4, -0.2) is 16.3 Å². The van der Waals surface area contributed by atoms with Gasteiger partial charge in [0, 0.05) is 12.7 Å². The van der Waals surface area contributed by atoms with Crippen molar-refractivity contribution in [3.8, 4) is 0 Å². The molecule has 0 aliphatic rings. The van der Waals surface area contributed by atoms with Crippen molar-refractivity contribution >= 4 is 0 Å². The molecule has 0 saturated carbocycles.